The van der Waals surface area contributed by atoms with Crippen molar-refractivity contribution >= 4 is 5.91 Å². The summed E-state index contributed by atoms with van der Waals surface area (Å²) in [5.74, 6) is 1.30. The van der Waals surface area contributed by atoms with Crippen LogP contribution in [0.4, 0.5) is 0 Å². The number of rotatable bonds is 6. The van der Waals surface area contributed by atoms with Gasteiger partial charge in [-0.1, -0.05) is 0 Å². The minimum absolute atomic E-state index is 0.170. The van der Waals surface area contributed by atoms with Gasteiger partial charge in [-0.2, -0.15) is 0 Å². The second-order valence-corrected chi connectivity index (χ2v) is 5.98. The van der Waals surface area contributed by atoms with Gasteiger partial charge in [0.05, 0.1) is 0 Å². The van der Waals surface area contributed by atoms with Gasteiger partial charge in [0.25, 0.3) is 0 Å². The normalized spacial score (nSPS) is 17.3. The Kier molecular flexibility index (Phi) is 5.73. The van der Waals surface area contributed by atoms with Crippen molar-refractivity contribution in [1.29, 1.82) is 0 Å². The van der Waals surface area contributed by atoms with Crippen LogP contribution in [0.2, 0.25) is 0 Å². The summed E-state index contributed by atoms with van der Waals surface area (Å²) in [5.41, 5.74) is 0. The first-order valence-corrected chi connectivity index (χ1v) is 8.00. The summed E-state index contributed by atoms with van der Waals surface area (Å²) >= 11 is 0. The molecule has 2 rings (SSSR count). The maximum absolute atomic E-state index is 12.2. The van der Waals surface area contributed by atoms with Crippen molar-refractivity contribution in [3.05, 3.63) is 12.2 Å². The van der Waals surface area contributed by atoms with E-state index >= 15 is 0 Å². The van der Waals surface area contributed by atoms with E-state index in [1.807, 2.05) is 4.57 Å². The van der Waals surface area contributed by atoms with Gasteiger partial charge < -0.3 is 14.8 Å². The van der Waals surface area contributed by atoms with Crippen LogP contribution in [0, 0.1) is 5.92 Å². The van der Waals surface area contributed by atoms with Crippen LogP contribution in [0.5, 0.6) is 0 Å². The van der Waals surface area contributed by atoms with Gasteiger partial charge >= 0.3 is 0 Å². The first-order valence-electron chi connectivity index (χ1n) is 8.00. The predicted octanol–water partition coefficient (Wildman–Crippen LogP) is 1.08. The molecule has 6 nitrogen and oxygen atoms in total. The van der Waals surface area contributed by atoms with Crippen LogP contribution in [0.25, 0.3) is 0 Å². The number of likely N-dealkylation sites (tertiary alicyclic amines) is 1. The van der Waals surface area contributed by atoms with E-state index in [-0.39, 0.29) is 11.8 Å². The van der Waals surface area contributed by atoms with E-state index in [0.29, 0.717) is 12.6 Å². The smallest absolute Gasteiger partial charge is 0.223 e. The number of aryl methyl sites for hydroxylation is 1. The molecule has 0 spiro atoms. The Bertz CT molecular complexity index is 449. The summed E-state index contributed by atoms with van der Waals surface area (Å²) in [7, 11) is 0. The second kappa shape index (κ2) is 7.54. The van der Waals surface area contributed by atoms with Gasteiger partial charge in [-0.3, -0.25) is 4.79 Å². The molecule has 1 aromatic rings. The summed E-state index contributed by atoms with van der Waals surface area (Å²) in [6.45, 7) is 10.0. The van der Waals surface area contributed by atoms with Crippen molar-refractivity contribution in [1.82, 2.24) is 25.0 Å². The molecule has 1 aliphatic heterocycles. The predicted molar refractivity (Wildman–Crippen MR) is 81.8 cm³/mol. The maximum atomic E-state index is 12.2. The summed E-state index contributed by atoms with van der Waals surface area (Å²) < 4.78 is 2.01. The van der Waals surface area contributed by atoms with Crippen LogP contribution in [0.15, 0.2) is 6.33 Å². The molecule has 0 aliphatic carbocycles. The molecule has 6 heteroatoms. The van der Waals surface area contributed by atoms with Gasteiger partial charge in [-0.05, 0) is 46.7 Å². The number of hydrogen-bond acceptors (Lipinski definition) is 4. The molecule has 1 N–H and O–H groups in total. The van der Waals surface area contributed by atoms with E-state index in [2.05, 4.69) is 41.2 Å². The molecule has 0 saturated carbocycles. The standard InChI is InChI=1S/C15H27N5O/c1-4-19-11-17-18-14(19)5-8-16-15(21)13-6-9-20(10-7-13)12(2)3/h11-13H,4-10H2,1-3H3,(H,16,21). The number of aromatic nitrogens is 3. The first-order chi connectivity index (χ1) is 10.1. The maximum Gasteiger partial charge on any atom is 0.223 e. The molecular weight excluding hydrogens is 266 g/mol. The average Bonchev–Trinajstić information content (AvgIpc) is 2.94. The lowest BCUT2D eigenvalue weighted by molar-refractivity contribution is -0.126. The molecule has 2 heterocycles. The summed E-state index contributed by atoms with van der Waals surface area (Å²) in [6, 6.07) is 0.578. The molecule has 1 fully saturated rings. The van der Waals surface area contributed by atoms with Crippen molar-refractivity contribution < 1.29 is 4.79 Å². The number of amides is 1. The van der Waals surface area contributed by atoms with E-state index in [1.165, 1.54) is 0 Å². The van der Waals surface area contributed by atoms with Crippen molar-refractivity contribution in [2.75, 3.05) is 19.6 Å². The number of hydrogen-bond donors (Lipinski definition) is 1. The molecule has 0 radical (unpaired) electrons. The third kappa shape index (κ3) is 4.27. The van der Waals surface area contributed by atoms with E-state index in [9.17, 15) is 4.79 Å². The van der Waals surface area contributed by atoms with E-state index in [4.69, 9.17) is 0 Å². The van der Waals surface area contributed by atoms with E-state index in [1.54, 1.807) is 6.33 Å². The lowest BCUT2D eigenvalue weighted by Crippen LogP contribution is -2.43. The minimum atomic E-state index is 0.170. The van der Waals surface area contributed by atoms with Gasteiger partial charge in [0.15, 0.2) is 0 Å². The van der Waals surface area contributed by atoms with Crippen LogP contribution >= 0.6 is 0 Å². The molecule has 21 heavy (non-hydrogen) atoms. The highest BCUT2D eigenvalue weighted by molar-refractivity contribution is 5.78. The van der Waals surface area contributed by atoms with Gasteiger partial charge in [-0.15, -0.1) is 10.2 Å². The molecule has 118 valence electrons. The minimum Gasteiger partial charge on any atom is -0.355 e. The number of carbonyl (C=O) groups excluding carboxylic acids is 1. The molecule has 0 atom stereocenters. The lowest BCUT2D eigenvalue weighted by atomic mass is 9.95. The Morgan fingerprint density at radius 2 is 2.14 bits per heavy atom. The van der Waals surface area contributed by atoms with E-state index < -0.39 is 0 Å². The fraction of sp³-hybridized carbons (Fsp3) is 0.800. The van der Waals surface area contributed by atoms with Crippen molar-refractivity contribution in [2.45, 2.75) is 52.6 Å². The molecule has 1 saturated heterocycles. The first kappa shape index (κ1) is 15.9. The molecule has 1 aromatic heterocycles. The fourth-order valence-electron chi connectivity index (χ4n) is 2.86. The van der Waals surface area contributed by atoms with Crippen LogP contribution in [0.3, 0.4) is 0 Å². The van der Waals surface area contributed by atoms with Crippen molar-refractivity contribution in [3.8, 4) is 0 Å². The Morgan fingerprint density at radius 1 is 1.43 bits per heavy atom. The third-order valence-electron chi connectivity index (χ3n) is 4.31. The van der Waals surface area contributed by atoms with Crippen LogP contribution < -0.4 is 5.32 Å². The number of carbonyl (C=O) groups is 1. The number of piperidine rings is 1. The quantitative estimate of drug-likeness (QED) is 0.852. The highest BCUT2D eigenvalue weighted by atomic mass is 16.1. The number of nitrogens with one attached hydrogen (secondary N) is 1. The molecule has 1 amide bonds. The average molecular weight is 293 g/mol. The highest BCUT2D eigenvalue weighted by Crippen LogP contribution is 2.18. The van der Waals surface area contributed by atoms with E-state index in [0.717, 1.165) is 44.7 Å². The molecule has 0 unspecified atom stereocenters. The molecule has 1 aliphatic rings. The molecular formula is C15H27N5O. The highest BCUT2D eigenvalue weighted by Gasteiger charge is 2.25. The van der Waals surface area contributed by atoms with Gasteiger partial charge in [0.1, 0.15) is 12.2 Å². The van der Waals surface area contributed by atoms with Crippen LogP contribution in [-0.2, 0) is 17.8 Å². The van der Waals surface area contributed by atoms with Gasteiger partial charge in [0.2, 0.25) is 5.91 Å². The third-order valence-corrected chi connectivity index (χ3v) is 4.31. The SMILES string of the molecule is CCn1cnnc1CCNC(=O)C1CCN(C(C)C)CC1. The fourth-order valence-corrected chi connectivity index (χ4v) is 2.86. The molecule has 0 aromatic carbocycles. The Labute approximate surface area is 126 Å². The van der Waals surface area contributed by atoms with Crippen LogP contribution in [-0.4, -0.2) is 51.2 Å². The van der Waals surface area contributed by atoms with Gasteiger partial charge in [-0.25, -0.2) is 0 Å². The Balaban J connectivity index is 1.71. The summed E-state index contributed by atoms with van der Waals surface area (Å²) in [5, 5.41) is 11.0. The Hall–Kier alpha value is -1.43. The lowest BCUT2D eigenvalue weighted by Gasteiger charge is -2.33. The number of nitrogens with zero attached hydrogens (tertiary/aromatic N) is 4. The van der Waals surface area contributed by atoms with Crippen LogP contribution in [0.1, 0.15) is 39.4 Å². The summed E-state index contributed by atoms with van der Waals surface area (Å²) in [4.78, 5) is 14.6. The molecule has 0 bridgehead atoms. The Morgan fingerprint density at radius 3 is 2.76 bits per heavy atom. The van der Waals surface area contributed by atoms with Crippen molar-refractivity contribution in [3.63, 3.8) is 0 Å². The second-order valence-electron chi connectivity index (χ2n) is 5.98. The monoisotopic (exact) mass is 293 g/mol. The van der Waals surface area contributed by atoms with Gasteiger partial charge in [0, 0.05) is 31.5 Å². The largest absolute Gasteiger partial charge is 0.355 e. The zero-order valence-corrected chi connectivity index (χ0v) is 13.4. The zero-order valence-electron chi connectivity index (χ0n) is 13.4. The topological polar surface area (TPSA) is 63.1 Å². The van der Waals surface area contributed by atoms with Crippen molar-refractivity contribution in [2.24, 2.45) is 5.92 Å². The zero-order chi connectivity index (χ0) is 15.2. The summed E-state index contributed by atoms with van der Waals surface area (Å²) in [6.07, 6.45) is 4.41.